The molecule has 2 rings (SSSR count). The number of ether oxygens (including phenoxy) is 2. The number of methoxy groups -OCH3 is 1. The molecule has 2 N–H and O–H groups in total. The predicted molar refractivity (Wildman–Crippen MR) is 83.1 cm³/mol. The van der Waals surface area contributed by atoms with E-state index < -0.39 is 0 Å². The van der Waals surface area contributed by atoms with E-state index in [0.29, 0.717) is 31.3 Å². The second-order valence-electron chi connectivity index (χ2n) is 5.34. The third kappa shape index (κ3) is 5.23. The van der Waals surface area contributed by atoms with Gasteiger partial charge in [0.15, 0.2) is 0 Å². The fourth-order valence-electron chi connectivity index (χ4n) is 2.28. The van der Waals surface area contributed by atoms with E-state index in [0.717, 1.165) is 31.6 Å². The molecule has 0 radical (unpaired) electrons. The highest BCUT2D eigenvalue weighted by atomic mass is 16.5. The molecule has 1 aliphatic heterocycles. The van der Waals surface area contributed by atoms with Crippen LogP contribution in [-0.2, 0) is 9.47 Å². The zero-order chi connectivity index (χ0) is 15.8. The van der Waals surface area contributed by atoms with E-state index in [-0.39, 0.29) is 12.0 Å². The highest BCUT2D eigenvalue weighted by Gasteiger charge is 2.16. The van der Waals surface area contributed by atoms with Crippen LogP contribution in [-0.4, -0.2) is 55.4 Å². The first-order chi connectivity index (χ1) is 10.7. The van der Waals surface area contributed by atoms with E-state index in [1.165, 1.54) is 0 Å². The Hall–Kier alpha value is -1.73. The molecule has 1 aromatic rings. The Bertz CT molecular complexity index is 490. The van der Waals surface area contributed by atoms with Crippen LogP contribution in [0, 0.1) is 6.92 Å². The second-order valence-corrected chi connectivity index (χ2v) is 5.34. The molecule has 0 spiro atoms. The number of hydrogen-bond acceptors (Lipinski definition) is 6. The Kier molecular flexibility index (Phi) is 6.54. The SMILES string of the molecule is COCCCNC(=O)c1cc(C)nc(NCC2CCCO2)n1. The first kappa shape index (κ1) is 16.6. The number of amides is 1. The predicted octanol–water partition coefficient (Wildman–Crippen LogP) is 1.14. The first-order valence-corrected chi connectivity index (χ1v) is 7.67. The van der Waals surface area contributed by atoms with Crippen LogP contribution in [0.2, 0.25) is 0 Å². The zero-order valence-corrected chi connectivity index (χ0v) is 13.2. The molecule has 1 amide bonds. The van der Waals surface area contributed by atoms with Crippen LogP contribution in [0.1, 0.15) is 35.4 Å². The number of rotatable bonds is 8. The van der Waals surface area contributed by atoms with Crippen molar-refractivity contribution in [3.63, 3.8) is 0 Å². The summed E-state index contributed by atoms with van der Waals surface area (Å²) in [4.78, 5) is 20.7. The molecule has 7 nitrogen and oxygen atoms in total. The number of carbonyl (C=O) groups is 1. The molecule has 1 fully saturated rings. The van der Waals surface area contributed by atoms with Crippen molar-refractivity contribution in [2.45, 2.75) is 32.3 Å². The van der Waals surface area contributed by atoms with Crippen LogP contribution < -0.4 is 10.6 Å². The van der Waals surface area contributed by atoms with Gasteiger partial charge in [0.2, 0.25) is 5.95 Å². The minimum absolute atomic E-state index is 0.193. The normalized spacial score (nSPS) is 17.5. The van der Waals surface area contributed by atoms with Crippen LogP contribution in [0.25, 0.3) is 0 Å². The van der Waals surface area contributed by atoms with Crippen LogP contribution in [0.4, 0.5) is 5.95 Å². The number of nitrogens with one attached hydrogen (secondary N) is 2. The molecule has 0 saturated carbocycles. The molecule has 1 aliphatic rings. The van der Waals surface area contributed by atoms with Crippen LogP contribution in [0.15, 0.2) is 6.07 Å². The van der Waals surface area contributed by atoms with Crippen LogP contribution >= 0.6 is 0 Å². The molecule has 7 heteroatoms. The van der Waals surface area contributed by atoms with Gasteiger partial charge >= 0.3 is 0 Å². The van der Waals surface area contributed by atoms with E-state index in [4.69, 9.17) is 9.47 Å². The Morgan fingerprint density at radius 2 is 2.36 bits per heavy atom. The highest BCUT2D eigenvalue weighted by Crippen LogP contribution is 2.13. The summed E-state index contributed by atoms with van der Waals surface area (Å²) >= 11 is 0. The van der Waals surface area contributed by atoms with Gasteiger partial charge in [0, 0.05) is 39.1 Å². The molecule has 0 aromatic carbocycles. The Balaban J connectivity index is 1.89. The minimum Gasteiger partial charge on any atom is -0.385 e. The molecule has 1 saturated heterocycles. The van der Waals surface area contributed by atoms with E-state index in [1.54, 1.807) is 13.2 Å². The van der Waals surface area contributed by atoms with Crippen molar-refractivity contribution < 1.29 is 14.3 Å². The molecule has 122 valence electrons. The van der Waals surface area contributed by atoms with E-state index in [2.05, 4.69) is 20.6 Å². The molecule has 1 unspecified atom stereocenters. The summed E-state index contributed by atoms with van der Waals surface area (Å²) in [7, 11) is 1.64. The van der Waals surface area contributed by atoms with E-state index >= 15 is 0 Å². The van der Waals surface area contributed by atoms with Gasteiger partial charge in [-0.15, -0.1) is 0 Å². The average molecular weight is 308 g/mol. The number of aromatic nitrogens is 2. The first-order valence-electron chi connectivity index (χ1n) is 7.67. The summed E-state index contributed by atoms with van der Waals surface area (Å²) in [6, 6.07) is 1.68. The number of anilines is 1. The van der Waals surface area contributed by atoms with Gasteiger partial charge in [0.25, 0.3) is 5.91 Å². The van der Waals surface area contributed by atoms with Crippen molar-refractivity contribution in [1.82, 2.24) is 15.3 Å². The van der Waals surface area contributed by atoms with Crippen molar-refractivity contribution in [3.8, 4) is 0 Å². The van der Waals surface area contributed by atoms with Gasteiger partial charge in [0.05, 0.1) is 6.10 Å². The fraction of sp³-hybridized carbons (Fsp3) is 0.667. The number of aryl methyl sites for hydroxylation is 1. The number of carbonyl (C=O) groups excluding carboxylic acids is 1. The fourth-order valence-corrected chi connectivity index (χ4v) is 2.28. The third-order valence-electron chi connectivity index (χ3n) is 3.41. The standard InChI is InChI=1S/C15H24N4O3/c1-11-9-13(14(20)16-6-4-7-21-2)19-15(18-11)17-10-12-5-3-8-22-12/h9,12H,3-8,10H2,1-2H3,(H,16,20)(H,17,18,19). The molecule has 1 atom stereocenters. The van der Waals surface area contributed by atoms with Crippen molar-refractivity contribution in [1.29, 1.82) is 0 Å². The summed E-state index contributed by atoms with van der Waals surface area (Å²) in [5, 5.41) is 5.98. The lowest BCUT2D eigenvalue weighted by Crippen LogP contribution is -2.27. The maximum Gasteiger partial charge on any atom is 0.270 e. The maximum atomic E-state index is 12.1. The molecular formula is C15H24N4O3. The van der Waals surface area contributed by atoms with Gasteiger partial charge in [-0.3, -0.25) is 4.79 Å². The van der Waals surface area contributed by atoms with Crippen molar-refractivity contribution >= 4 is 11.9 Å². The molecular weight excluding hydrogens is 284 g/mol. The smallest absolute Gasteiger partial charge is 0.270 e. The number of nitrogens with zero attached hydrogens (tertiary/aromatic N) is 2. The second kappa shape index (κ2) is 8.65. The van der Waals surface area contributed by atoms with E-state index in [9.17, 15) is 4.79 Å². The zero-order valence-electron chi connectivity index (χ0n) is 13.2. The summed E-state index contributed by atoms with van der Waals surface area (Å²) in [6.07, 6.45) is 3.12. The van der Waals surface area contributed by atoms with Crippen molar-refractivity contribution in [2.75, 3.05) is 38.7 Å². The van der Waals surface area contributed by atoms with Gasteiger partial charge in [-0.2, -0.15) is 0 Å². The lowest BCUT2D eigenvalue weighted by Gasteiger charge is -2.12. The number of hydrogen-bond donors (Lipinski definition) is 2. The van der Waals surface area contributed by atoms with Crippen LogP contribution in [0.5, 0.6) is 0 Å². The maximum absolute atomic E-state index is 12.1. The van der Waals surface area contributed by atoms with Gasteiger partial charge in [0.1, 0.15) is 5.69 Å². The third-order valence-corrected chi connectivity index (χ3v) is 3.41. The molecule has 0 aliphatic carbocycles. The Morgan fingerprint density at radius 1 is 1.50 bits per heavy atom. The largest absolute Gasteiger partial charge is 0.385 e. The highest BCUT2D eigenvalue weighted by molar-refractivity contribution is 5.92. The topological polar surface area (TPSA) is 85.4 Å². The van der Waals surface area contributed by atoms with Crippen molar-refractivity contribution in [2.24, 2.45) is 0 Å². The van der Waals surface area contributed by atoms with Gasteiger partial charge in [-0.1, -0.05) is 0 Å². The quantitative estimate of drug-likeness (QED) is 0.701. The Morgan fingerprint density at radius 3 is 3.09 bits per heavy atom. The van der Waals surface area contributed by atoms with E-state index in [1.807, 2.05) is 6.92 Å². The van der Waals surface area contributed by atoms with Crippen LogP contribution in [0.3, 0.4) is 0 Å². The molecule has 2 heterocycles. The van der Waals surface area contributed by atoms with Gasteiger partial charge < -0.3 is 20.1 Å². The molecule has 1 aromatic heterocycles. The van der Waals surface area contributed by atoms with Gasteiger partial charge in [-0.05, 0) is 32.3 Å². The summed E-state index contributed by atoms with van der Waals surface area (Å²) in [5.41, 5.74) is 1.13. The Labute approximate surface area is 130 Å². The lowest BCUT2D eigenvalue weighted by molar-refractivity contribution is 0.0943. The molecule has 0 bridgehead atoms. The monoisotopic (exact) mass is 308 g/mol. The summed E-state index contributed by atoms with van der Waals surface area (Å²) < 4.78 is 10.5. The van der Waals surface area contributed by atoms with Crippen molar-refractivity contribution in [3.05, 3.63) is 17.5 Å². The minimum atomic E-state index is -0.193. The lowest BCUT2D eigenvalue weighted by atomic mass is 10.2. The molecule has 22 heavy (non-hydrogen) atoms. The van der Waals surface area contributed by atoms with Gasteiger partial charge in [-0.25, -0.2) is 9.97 Å². The average Bonchev–Trinajstić information content (AvgIpc) is 3.02. The summed E-state index contributed by atoms with van der Waals surface area (Å²) in [5.74, 6) is 0.277. The summed E-state index contributed by atoms with van der Waals surface area (Å²) in [6.45, 7) is 4.51.